The van der Waals surface area contributed by atoms with E-state index >= 15 is 0 Å². The summed E-state index contributed by atoms with van der Waals surface area (Å²) in [5.74, 6) is -0.859. The first-order valence-corrected chi connectivity index (χ1v) is 10.2. The number of nitrogens with two attached hydrogens (primary N) is 1. The molecule has 9 nitrogen and oxygen atoms in total. The molecule has 3 rings (SSSR count). The van der Waals surface area contributed by atoms with Crippen molar-refractivity contribution in [3.63, 3.8) is 0 Å². The number of allylic oxidation sites excluding steroid dienone is 1. The van der Waals surface area contributed by atoms with Crippen LogP contribution in [-0.2, 0) is 16.1 Å². The van der Waals surface area contributed by atoms with E-state index in [0.29, 0.717) is 23.4 Å². The van der Waals surface area contributed by atoms with Gasteiger partial charge >= 0.3 is 5.97 Å². The average Bonchev–Trinajstić information content (AvgIpc) is 3.25. The minimum atomic E-state index is -2.41. The lowest BCUT2D eigenvalue weighted by atomic mass is 10.1. The molecule has 2 aromatic rings. The average molecular weight is 431 g/mol. The third-order valence-corrected chi connectivity index (χ3v) is 4.87. The van der Waals surface area contributed by atoms with Crippen molar-refractivity contribution >= 4 is 40.2 Å². The summed E-state index contributed by atoms with van der Waals surface area (Å²) in [6.45, 7) is 0. The molecule has 0 bridgehead atoms. The highest BCUT2D eigenvalue weighted by atomic mass is 32.2. The Morgan fingerprint density at radius 3 is 2.47 bits per heavy atom. The summed E-state index contributed by atoms with van der Waals surface area (Å²) >= 11 is -2.41. The minimum Gasteiger partial charge on any atom is -0.497 e. The molecule has 0 aliphatic heterocycles. The molecule has 1 amide bonds. The fourth-order valence-corrected chi connectivity index (χ4v) is 3.42. The zero-order chi connectivity index (χ0) is 21.7. The van der Waals surface area contributed by atoms with Gasteiger partial charge < -0.3 is 20.5 Å². The molecule has 10 heteroatoms. The zero-order valence-corrected chi connectivity index (χ0v) is 17.0. The van der Waals surface area contributed by atoms with Crippen molar-refractivity contribution in [1.29, 1.82) is 0 Å². The van der Waals surface area contributed by atoms with Gasteiger partial charge in [0.1, 0.15) is 17.1 Å². The molecule has 0 fully saturated rings. The van der Waals surface area contributed by atoms with Crippen LogP contribution in [0.4, 0.5) is 17.1 Å². The SMILES string of the molecule is COc1ccc(Nc2c(NS(=O)O)ccc(OC(=O)C3=CCCC3)c2C(N)=O)cc1. The van der Waals surface area contributed by atoms with E-state index < -0.39 is 23.1 Å². The highest BCUT2D eigenvalue weighted by Crippen LogP contribution is 2.37. The molecule has 1 atom stereocenters. The van der Waals surface area contributed by atoms with Crippen LogP contribution in [0.25, 0.3) is 0 Å². The van der Waals surface area contributed by atoms with Gasteiger partial charge in [-0.3, -0.25) is 14.1 Å². The van der Waals surface area contributed by atoms with E-state index in [9.17, 15) is 18.4 Å². The number of carbonyl (C=O) groups excluding carboxylic acids is 2. The molecule has 0 heterocycles. The number of benzene rings is 2. The second-order valence-electron chi connectivity index (χ2n) is 6.44. The standard InChI is InChI=1S/C20H21N3O6S/c1-28-14-8-6-13(7-9-14)22-18-15(23-30(26)27)10-11-16(17(18)19(21)24)29-20(25)12-4-2-3-5-12/h4,6-11,22-23H,2-3,5H2,1H3,(H2,21,24)(H,26,27). The summed E-state index contributed by atoms with van der Waals surface area (Å²) in [4.78, 5) is 24.7. The molecular formula is C20H21N3O6S. The van der Waals surface area contributed by atoms with Crippen LogP contribution < -0.4 is 25.2 Å². The number of hydrogen-bond acceptors (Lipinski definition) is 6. The Labute approximate surface area is 175 Å². The van der Waals surface area contributed by atoms with Crippen LogP contribution in [0.5, 0.6) is 11.5 Å². The van der Waals surface area contributed by atoms with Crippen LogP contribution in [0.1, 0.15) is 29.6 Å². The molecule has 0 radical (unpaired) electrons. The number of esters is 1. The summed E-state index contributed by atoms with van der Waals surface area (Å²) in [5, 5.41) is 2.99. The Morgan fingerprint density at radius 2 is 1.90 bits per heavy atom. The second kappa shape index (κ2) is 9.42. The molecule has 30 heavy (non-hydrogen) atoms. The highest BCUT2D eigenvalue weighted by molar-refractivity contribution is 7.80. The number of methoxy groups -OCH3 is 1. The first-order valence-electron chi connectivity index (χ1n) is 9.05. The predicted octanol–water partition coefficient (Wildman–Crippen LogP) is 3.10. The molecule has 1 unspecified atom stereocenters. The molecule has 5 N–H and O–H groups in total. The molecule has 0 aromatic heterocycles. The number of anilines is 3. The van der Waals surface area contributed by atoms with Crippen molar-refractivity contribution in [2.45, 2.75) is 19.3 Å². The summed E-state index contributed by atoms with van der Waals surface area (Å²) < 4.78 is 33.5. The Balaban J connectivity index is 2.03. The number of ether oxygens (including phenoxy) is 2. The van der Waals surface area contributed by atoms with E-state index in [4.69, 9.17) is 15.2 Å². The second-order valence-corrected chi connectivity index (χ2v) is 7.14. The monoisotopic (exact) mass is 431 g/mol. The van der Waals surface area contributed by atoms with Crippen LogP contribution in [0.2, 0.25) is 0 Å². The van der Waals surface area contributed by atoms with E-state index in [1.54, 1.807) is 30.3 Å². The van der Waals surface area contributed by atoms with Gasteiger partial charge in [0.05, 0.1) is 18.5 Å². The number of carbonyl (C=O) groups is 2. The maximum atomic E-state index is 12.4. The third kappa shape index (κ3) is 4.97. The van der Waals surface area contributed by atoms with E-state index in [1.165, 1.54) is 19.2 Å². The van der Waals surface area contributed by atoms with Gasteiger partial charge in [0.2, 0.25) is 0 Å². The Bertz CT molecular complexity index is 1020. The van der Waals surface area contributed by atoms with E-state index in [1.807, 2.05) is 0 Å². The maximum absolute atomic E-state index is 12.4. The fourth-order valence-electron chi connectivity index (χ4n) is 3.06. The number of nitrogens with one attached hydrogen (secondary N) is 2. The van der Waals surface area contributed by atoms with Crippen molar-refractivity contribution in [3.05, 3.63) is 53.6 Å². The summed E-state index contributed by atoms with van der Waals surface area (Å²) in [6.07, 6.45) is 4.06. The first-order chi connectivity index (χ1) is 14.4. The number of amides is 1. The first kappa shape index (κ1) is 21.3. The fraction of sp³-hybridized carbons (Fsp3) is 0.200. The smallest absolute Gasteiger partial charge is 0.339 e. The topological polar surface area (TPSA) is 140 Å². The van der Waals surface area contributed by atoms with Crippen LogP contribution in [0.3, 0.4) is 0 Å². The van der Waals surface area contributed by atoms with Gasteiger partial charge in [0.15, 0.2) is 0 Å². The highest BCUT2D eigenvalue weighted by Gasteiger charge is 2.24. The van der Waals surface area contributed by atoms with Gasteiger partial charge in [0, 0.05) is 11.3 Å². The predicted molar refractivity (Wildman–Crippen MR) is 113 cm³/mol. The Hall–Kier alpha value is -3.37. The van der Waals surface area contributed by atoms with Gasteiger partial charge in [0.25, 0.3) is 17.2 Å². The van der Waals surface area contributed by atoms with Crippen molar-refractivity contribution in [2.75, 3.05) is 17.1 Å². The Morgan fingerprint density at radius 1 is 1.17 bits per heavy atom. The molecule has 0 spiro atoms. The van der Waals surface area contributed by atoms with Crippen molar-refractivity contribution < 1.29 is 27.8 Å². The van der Waals surface area contributed by atoms with Gasteiger partial charge in [-0.1, -0.05) is 6.08 Å². The van der Waals surface area contributed by atoms with Crippen molar-refractivity contribution in [2.24, 2.45) is 5.73 Å². The molecule has 158 valence electrons. The minimum absolute atomic E-state index is 0.0504. The lowest BCUT2D eigenvalue weighted by Gasteiger charge is -2.18. The van der Waals surface area contributed by atoms with Gasteiger partial charge in [-0.15, -0.1) is 0 Å². The van der Waals surface area contributed by atoms with E-state index in [-0.39, 0.29) is 22.7 Å². The molecule has 1 aliphatic rings. The van der Waals surface area contributed by atoms with E-state index in [0.717, 1.165) is 12.8 Å². The van der Waals surface area contributed by atoms with Crippen LogP contribution >= 0.6 is 0 Å². The quantitative estimate of drug-likeness (QED) is 0.286. The number of primary amides is 1. The lowest BCUT2D eigenvalue weighted by molar-refractivity contribution is -0.130. The summed E-state index contributed by atoms with van der Waals surface area (Å²) in [5.41, 5.74) is 6.75. The molecule has 0 saturated heterocycles. The van der Waals surface area contributed by atoms with Crippen molar-refractivity contribution in [1.82, 2.24) is 0 Å². The molecule has 1 aliphatic carbocycles. The molecular weight excluding hydrogens is 410 g/mol. The molecule has 2 aromatic carbocycles. The van der Waals surface area contributed by atoms with Crippen LogP contribution in [-0.4, -0.2) is 27.7 Å². The number of rotatable bonds is 8. The van der Waals surface area contributed by atoms with Gasteiger partial charge in [-0.25, -0.2) is 9.00 Å². The Kier molecular flexibility index (Phi) is 6.70. The normalized spacial score (nSPS) is 13.9. The van der Waals surface area contributed by atoms with Crippen molar-refractivity contribution in [3.8, 4) is 11.5 Å². The summed E-state index contributed by atoms with van der Waals surface area (Å²) in [7, 11) is 1.53. The van der Waals surface area contributed by atoms with Crippen LogP contribution in [0, 0.1) is 0 Å². The van der Waals surface area contributed by atoms with E-state index in [2.05, 4.69) is 10.0 Å². The third-order valence-electron chi connectivity index (χ3n) is 4.48. The lowest BCUT2D eigenvalue weighted by Crippen LogP contribution is -2.19. The molecule has 0 saturated carbocycles. The van der Waals surface area contributed by atoms with Gasteiger partial charge in [-0.05, 0) is 55.7 Å². The maximum Gasteiger partial charge on any atom is 0.339 e. The van der Waals surface area contributed by atoms with Crippen LogP contribution in [0.15, 0.2) is 48.0 Å². The van der Waals surface area contributed by atoms with Gasteiger partial charge in [-0.2, -0.15) is 0 Å². The summed E-state index contributed by atoms with van der Waals surface area (Å²) in [6, 6.07) is 9.52. The number of hydrogen-bond donors (Lipinski definition) is 4. The zero-order valence-electron chi connectivity index (χ0n) is 16.1. The largest absolute Gasteiger partial charge is 0.497 e.